The zero-order valence-corrected chi connectivity index (χ0v) is 20.4. The molecule has 1 amide bonds. The molecule has 0 saturated heterocycles. The molecule has 0 unspecified atom stereocenters. The van der Waals surface area contributed by atoms with Crippen molar-refractivity contribution < 1.29 is 9.69 Å². The van der Waals surface area contributed by atoms with Crippen LogP contribution in [0.5, 0.6) is 0 Å². The maximum absolute atomic E-state index is 12.6. The van der Waals surface area contributed by atoms with Gasteiger partial charge in [0.1, 0.15) is 6.04 Å². The molecule has 2 atom stereocenters. The summed E-state index contributed by atoms with van der Waals surface area (Å²) < 4.78 is 2.13. The summed E-state index contributed by atoms with van der Waals surface area (Å²) in [6.45, 7) is 7.22. The Morgan fingerprint density at radius 1 is 1.06 bits per heavy atom. The van der Waals surface area contributed by atoms with Crippen LogP contribution in [0.2, 0.25) is 0 Å². The molecule has 0 bridgehead atoms. The molecule has 0 aliphatic carbocycles. The molecule has 2 aromatic carbocycles. The van der Waals surface area contributed by atoms with Gasteiger partial charge in [0.05, 0.1) is 26.4 Å². The average molecular weight is 453 g/mol. The lowest BCUT2D eigenvalue weighted by Gasteiger charge is -2.18. The second-order valence-electron chi connectivity index (χ2n) is 8.48. The van der Waals surface area contributed by atoms with Gasteiger partial charge in [0.25, 0.3) is 0 Å². The SMILES string of the molecule is CC[C@@H](C)c1ccc(NC(=O)CSc2nnc([C@@H](C)[NH+](C)C)n2Cc2ccccc2)cc1. The molecule has 2 N–H and O–H groups in total. The van der Waals surface area contributed by atoms with Crippen molar-refractivity contribution in [2.45, 2.75) is 50.9 Å². The minimum absolute atomic E-state index is 0.0478. The fourth-order valence-electron chi connectivity index (χ4n) is 3.36. The number of hydrogen-bond donors (Lipinski definition) is 2. The van der Waals surface area contributed by atoms with Gasteiger partial charge in [0, 0.05) is 5.69 Å². The smallest absolute Gasteiger partial charge is 0.234 e. The largest absolute Gasteiger partial charge is 0.331 e. The van der Waals surface area contributed by atoms with Gasteiger partial charge in [-0.3, -0.25) is 9.36 Å². The lowest BCUT2D eigenvalue weighted by molar-refractivity contribution is -0.890. The lowest BCUT2D eigenvalue weighted by atomic mass is 9.99. The van der Waals surface area contributed by atoms with E-state index in [1.807, 2.05) is 30.3 Å². The Kier molecular flexibility index (Phi) is 8.47. The van der Waals surface area contributed by atoms with Gasteiger partial charge >= 0.3 is 0 Å². The standard InChI is InChI=1S/C25H33N5OS/c1-6-18(2)21-12-14-22(15-13-21)26-23(31)17-32-25-28-27-24(19(3)29(4)5)30(25)16-20-10-8-7-9-11-20/h7-15,18-19H,6,16-17H2,1-5H3,(H,26,31)/p+1/t18-,19-/m1/s1. The van der Waals surface area contributed by atoms with Crippen LogP contribution in [0.25, 0.3) is 0 Å². The van der Waals surface area contributed by atoms with Gasteiger partial charge in [-0.1, -0.05) is 68.1 Å². The van der Waals surface area contributed by atoms with Crippen LogP contribution in [0.1, 0.15) is 56.1 Å². The maximum Gasteiger partial charge on any atom is 0.234 e. The highest BCUT2D eigenvalue weighted by Gasteiger charge is 2.23. The van der Waals surface area contributed by atoms with Crippen molar-refractivity contribution in [2.24, 2.45) is 0 Å². The average Bonchev–Trinajstić information content (AvgIpc) is 3.19. The number of carbonyl (C=O) groups is 1. The van der Waals surface area contributed by atoms with Gasteiger partial charge in [-0.2, -0.15) is 0 Å². The third kappa shape index (κ3) is 6.20. The molecule has 0 fully saturated rings. The number of nitrogens with zero attached hydrogens (tertiary/aromatic N) is 3. The third-order valence-corrected chi connectivity index (χ3v) is 6.86. The zero-order valence-electron chi connectivity index (χ0n) is 19.6. The molecule has 32 heavy (non-hydrogen) atoms. The van der Waals surface area contributed by atoms with Crippen LogP contribution in [0.3, 0.4) is 0 Å². The van der Waals surface area contributed by atoms with Crippen molar-refractivity contribution in [1.82, 2.24) is 14.8 Å². The number of amides is 1. The van der Waals surface area contributed by atoms with E-state index in [1.165, 1.54) is 27.8 Å². The van der Waals surface area contributed by atoms with Crippen molar-refractivity contribution in [2.75, 3.05) is 25.2 Å². The van der Waals surface area contributed by atoms with Crippen molar-refractivity contribution >= 4 is 23.4 Å². The first-order chi connectivity index (χ1) is 15.4. The minimum Gasteiger partial charge on any atom is -0.331 e. The molecule has 6 nitrogen and oxygen atoms in total. The van der Waals surface area contributed by atoms with E-state index in [0.29, 0.717) is 12.5 Å². The van der Waals surface area contributed by atoms with Gasteiger partial charge in [-0.25, -0.2) is 0 Å². The Hall–Kier alpha value is -2.64. The van der Waals surface area contributed by atoms with E-state index in [0.717, 1.165) is 23.1 Å². The molecular weight excluding hydrogens is 418 g/mol. The number of aromatic nitrogens is 3. The molecule has 0 aliphatic rings. The number of anilines is 1. The van der Waals surface area contributed by atoms with Crippen LogP contribution in [-0.2, 0) is 11.3 Å². The summed E-state index contributed by atoms with van der Waals surface area (Å²) in [5.74, 6) is 1.68. The molecular formula is C25H34N5OS+. The number of hydrogen-bond acceptors (Lipinski definition) is 4. The summed E-state index contributed by atoms with van der Waals surface area (Å²) in [4.78, 5) is 13.9. The normalized spacial score (nSPS) is 13.2. The Bertz CT molecular complexity index is 1000. The zero-order chi connectivity index (χ0) is 23.1. The Morgan fingerprint density at radius 3 is 2.38 bits per heavy atom. The van der Waals surface area contributed by atoms with E-state index in [1.54, 1.807) is 0 Å². The molecule has 1 heterocycles. The fourth-order valence-corrected chi connectivity index (χ4v) is 4.10. The summed E-state index contributed by atoms with van der Waals surface area (Å²) >= 11 is 1.42. The van der Waals surface area contributed by atoms with Crippen LogP contribution in [-0.4, -0.2) is 40.5 Å². The minimum atomic E-state index is -0.0478. The number of quaternary nitrogens is 1. The number of benzene rings is 2. The van der Waals surface area contributed by atoms with Gasteiger partial charge in [0.15, 0.2) is 11.0 Å². The van der Waals surface area contributed by atoms with E-state index in [2.05, 4.69) is 79.2 Å². The van der Waals surface area contributed by atoms with E-state index < -0.39 is 0 Å². The van der Waals surface area contributed by atoms with Crippen molar-refractivity contribution in [3.8, 4) is 0 Å². The Labute approximate surface area is 195 Å². The van der Waals surface area contributed by atoms with Crippen LogP contribution in [0.15, 0.2) is 59.8 Å². The Balaban J connectivity index is 1.69. The summed E-state index contributed by atoms with van der Waals surface area (Å²) in [7, 11) is 4.22. The van der Waals surface area contributed by atoms with Crippen LogP contribution >= 0.6 is 11.8 Å². The van der Waals surface area contributed by atoms with Crippen molar-refractivity contribution in [3.05, 3.63) is 71.5 Å². The molecule has 170 valence electrons. The first-order valence-electron chi connectivity index (χ1n) is 11.2. The van der Waals surface area contributed by atoms with Gasteiger partial charge in [-0.05, 0) is 42.5 Å². The molecule has 7 heteroatoms. The number of carbonyl (C=O) groups excluding carboxylic acids is 1. The van der Waals surface area contributed by atoms with Gasteiger partial charge < -0.3 is 10.2 Å². The molecule has 0 radical (unpaired) electrons. The molecule has 3 aromatic rings. The lowest BCUT2D eigenvalue weighted by Crippen LogP contribution is -3.05. The van der Waals surface area contributed by atoms with Gasteiger partial charge in [-0.15, -0.1) is 10.2 Å². The Morgan fingerprint density at radius 2 is 1.75 bits per heavy atom. The first-order valence-corrected chi connectivity index (χ1v) is 12.2. The van der Waals surface area contributed by atoms with E-state index in [4.69, 9.17) is 0 Å². The highest BCUT2D eigenvalue weighted by molar-refractivity contribution is 7.99. The summed E-state index contributed by atoms with van der Waals surface area (Å²) in [5.41, 5.74) is 3.29. The molecule has 3 rings (SSSR count). The van der Waals surface area contributed by atoms with Crippen LogP contribution in [0, 0.1) is 0 Å². The molecule has 0 spiro atoms. The first kappa shape index (κ1) is 24.0. The number of nitrogens with one attached hydrogen (secondary N) is 2. The quantitative estimate of drug-likeness (QED) is 0.460. The van der Waals surface area contributed by atoms with Gasteiger partial charge in [0.2, 0.25) is 5.91 Å². The van der Waals surface area contributed by atoms with Crippen LogP contribution < -0.4 is 10.2 Å². The second-order valence-corrected chi connectivity index (χ2v) is 9.42. The highest BCUT2D eigenvalue weighted by Crippen LogP contribution is 2.23. The molecule has 1 aromatic heterocycles. The highest BCUT2D eigenvalue weighted by atomic mass is 32.2. The third-order valence-electron chi connectivity index (χ3n) is 5.89. The second kappa shape index (κ2) is 11.3. The van der Waals surface area contributed by atoms with E-state index >= 15 is 0 Å². The fraction of sp³-hybridized carbons (Fsp3) is 0.400. The van der Waals surface area contributed by atoms with Crippen molar-refractivity contribution in [3.63, 3.8) is 0 Å². The number of rotatable bonds is 10. The summed E-state index contributed by atoms with van der Waals surface area (Å²) in [6, 6.07) is 18.6. The number of thioether (sulfide) groups is 1. The predicted octanol–water partition coefficient (Wildman–Crippen LogP) is 3.78. The monoisotopic (exact) mass is 452 g/mol. The molecule has 0 aliphatic heterocycles. The van der Waals surface area contributed by atoms with E-state index in [-0.39, 0.29) is 17.7 Å². The summed E-state index contributed by atoms with van der Waals surface area (Å²) in [6.07, 6.45) is 1.10. The predicted molar refractivity (Wildman–Crippen MR) is 131 cm³/mol. The topological polar surface area (TPSA) is 64.2 Å². The summed E-state index contributed by atoms with van der Waals surface area (Å²) in [5, 5.41) is 12.6. The van der Waals surface area contributed by atoms with Crippen LogP contribution in [0.4, 0.5) is 5.69 Å². The van der Waals surface area contributed by atoms with E-state index in [9.17, 15) is 4.79 Å². The molecule has 0 saturated carbocycles. The maximum atomic E-state index is 12.6. The van der Waals surface area contributed by atoms with Crippen molar-refractivity contribution in [1.29, 1.82) is 0 Å².